The van der Waals surface area contributed by atoms with Gasteiger partial charge in [0.05, 0.1) is 0 Å². The molecule has 0 amide bonds. The molecule has 0 radical (unpaired) electrons. The van der Waals surface area contributed by atoms with Gasteiger partial charge in [-0.1, -0.05) is 33.1 Å². The molecule has 0 aromatic heterocycles. The van der Waals surface area contributed by atoms with Crippen LogP contribution in [0.2, 0.25) is 0 Å². The summed E-state index contributed by atoms with van der Waals surface area (Å²) < 4.78 is 0. The molecule has 1 saturated heterocycles. The fraction of sp³-hybridized carbons (Fsp3) is 1.00. The zero-order valence-corrected chi connectivity index (χ0v) is 11.9. The first kappa shape index (κ1) is 13.4. The zero-order chi connectivity index (χ0) is 12.3. The molecule has 2 heteroatoms. The molecule has 0 spiro atoms. The Bertz CT molecular complexity index is 221. The molecule has 0 bridgehead atoms. The van der Waals surface area contributed by atoms with Gasteiger partial charge in [0, 0.05) is 31.7 Å². The molecule has 1 aliphatic carbocycles. The van der Waals surface area contributed by atoms with Gasteiger partial charge in [0.25, 0.3) is 0 Å². The number of piperazine rings is 1. The first-order chi connectivity index (χ1) is 8.16. The van der Waals surface area contributed by atoms with E-state index in [1.165, 1.54) is 51.7 Å². The van der Waals surface area contributed by atoms with Crippen LogP contribution in [-0.4, -0.2) is 36.6 Å². The highest BCUT2D eigenvalue weighted by molar-refractivity contribution is 4.87. The van der Waals surface area contributed by atoms with E-state index < -0.39 is 0 Å². The van der Waals surface area contributed by atoms with E-state index in [2.05, 4.69) is 31.0 Å². The molecule has 2 unspecified atom stereocenters. The van der Waals surface area contributed by atoms with Crippen LogP contribution >= 0.6 is 0 Å². The van der Waals surface area contributed by atoms with Gasteiger partial charge in [-0.15, -0.1) is 0 Å². The standard InChI is InChI=1S/C15H30N2/c1-12(2)15-9-16-13(3)10-17(15)11-14-7-5-4-6-8-14/h12-16H,4-11H2,1-3H3. The Balaban J connectivity index is 1.89. The van der Waals surface area contributed by atoms with Crippen molar-refractivity contribution in [2.75, 3.05) is 19.6 Å². The largest absolute Gasteiger partial charge is 0.311 e. The summed E-state index contributed by atoms with van der Waals surface area (Å²) in [6.07, 6.45) is 7.37. The van der Waals surface area contributed by atoms with Crippen LogP contribution in [-0.2, 0) is 0 Å². The SMILES string of the molecule is CC1CN(CC2CCCCC2)C(C(C)C)CN1. The summed E-state index contributed by atoms with van der Waals surface area (Å²) >= 11 is 0. The molecule has 2 rings (SSSR count). The molecule has 1 heterocycles. The van der Waals surface area contributed by atoms with E-state index >= 15 is 0 Å². The van der Waals surface area contributed by atoms with Crippen molar-refractivity contribution >= 4 is 0 Å². The van der Waals surface area contributed by atoms with Crippen LogP contribution < -0.4 is 5.32 Å². The van der Waals surface area contributed by atoms with Crippen molar-refractivity contribution in [3.63, 3.8) is 0 Å². The molecule has 2 fully saturated rings. The number of hydrogen-bond acceptors (Lipinski definition) is 2. The van der Waals surface area contributed by atoms with Gasteiger partial charge >= 0.3 is 0 Å². The summed E-state index contributed by atoms with van der Waals surface area (Å²) in [6.45, 7) is 10.9. The fourth-order valence-corrected chi connectivity index (χ4v) is 3.57. The van der Waals surface area contributed by atoms with E-state index in [0.717, 1.165) is 17.9 Å². The third kappa shape index (κ3) is 3.69. The van der Waals surface area contributed by atoms with Crippen LogP contribution in [0.1, 0.15) is 52.9 Å². The highest BCUT2D eigenvalue weighted by Crippen LogP contribution is 2.26. The second-order valence-corrected chi connectivity index (χ2v) is 6.58. The number of nitrogens with zero attached hydrogens (tertiary/aromatic N) is 1. The summed E-state index contributed by atoms with van der Waals surface area (Å²) in [6, 6.07) is 1.43. The smallest absolute Gasteiger partial charge is 0.0244 e. The topological polar surface area (TPSA) is 15.3 Å². The Kier molecular flexibility index (Phi) is 4.87. The lowest BCUT2D eigenvalue weighted by atomic mass is 9.87. The van der Waals surface area contributed by atoms with Gasteiger partial charge in [0.15, 0.2) is 0 Å². The summed E-state index contributed by atoms with van der Waals surface area (Å²) in [7, 11) is 0. The van der Waals surface area contributed by atoms with E-state index in [0.29, 0.717) is 6.04 Å². The molecule has 2 aliphatic rings. The minimum atomic E-state index is 0.675. The lowest BCUT2D eigenvalue weighted by Gasteiger charge is -2.43. The van der Waals surface area contributed by atoms with Crippen molar-refractivity contribution < 1.29 is 0 Å². The molecule has 17 heavy (non-hydrogen) atoms. The Morgan fingerprint density at radius 3 is 2.53 bits per heavy atom. The summed E-state index contributed by atoms with van der Waals surface area (Å²) in [5.74, 6) is 1.76. The van der Waals surface area contributed by atoms with Gasteiger partial charge in [0.1, 0.15) is 0 Å². The Labute approximate surface area is 107 Å². The highest BCUT2D eigenvalue weighted by atomic mass is 15.2. The van der Waals surface area contributed by atoms with Crippen molar-refractivity contribution in [3.8, 4) is 0 Å². The molecular weight excluding hydrogens is 208 g/mol. The normalized spacial score (nSPS) is 33.2. The average Bonchev–Trinajstić information content (AvgIpc) is 2.30. The lowest BCUT2D eigenvalue weighted by Crippen LogP contribution is -2.58. The Morgan fingerprint density at radius 2 is 1.88 bits per heavy atom. The second-order valence-electron chi connectivity index (χ2n) is 6.58. The number of nitrogens with one attached hydrogen (secondary N) is 1. The fourth-order valence-electron chi connectivity index (χ4n) is 3.57. The van der Waals surface area contributed by atoms with Crippen molar-refractivity contribution in [3.05, 3.63) is 0 Å². The Morgan fingerprint density at radius 1 is 1.18 bits per heavy atom. The second kappa shape index (κ2) is 6.19. The van der Waals surface area contributed by atoms with Gasteiger partial charge < -0.3 is 5.32 Å². The van der Waals surface area contributed by atoms with E-state index in [1.807, 2.05) is 0 Å². The molecule has 1 aliphatic heterocycles. The van der Waals surface area contributed by atoms with E-state index in [4.69, 9.17) is 0 Å². The maximum Gasteiger partial charge on any atom is 0.0244 e. The first-order valence-electron chi connectivity index (χ1n) is 7.64. The number of hydrogen-bond donors (Lipinski definition) is 1. The highest BCUT2D eigenvalue weighted by Gasteiger charge is 2.29. The van der Waals surface area contributed by atoms with E-state index in [9.17, 15) is 0 Å². The maximum atomic E-state index is 3.64. The van der Waals surface area contributed by atoms with Crippen LogP contribution in [0.3, 0.4) is 0 Å². The van der Waals surface area contributed by atoms with Gasteiger partial charge in [-0.3, -0.25) is 4.90 Å². The van der Waals surface area contributed by atoms with Crippen LogP contribution in [0.25, 0.3) is 0 Å². The lowest BCUT2D eigenvalue weighted by molar-refractivity contribution is 0.0776. The van der Waals surface area contributed by atoms with Gasteiger partial charge in [0.2, 0.25) is 0 Å². The molecule has 2 atom stereocenters. The van der Waals surface area contributed by atoms with Crippen LogP contribution in [0.5, 0.6) is 0 Å². The molecular formula is C15H30N2. The molecule has 100 valence electrons. The van der Waals surface area contributed by atoms with Crippen molar-refractivity contribution in [2.24, 2.45) is 11.8 Å². The molecule has 1 N–H and O–H groups in total. The average molecular weight is 238 g/mol. The number of rotatable bonds is 3. The Hall–Kier alpha value is -0.0800. The minimum absolute atomic E-state index is 0.675. The van der Waals surface area contributed by atoms with Crippen LogP contribution in [0, 0.1) is 11.8 Å². The first-order valence-corrected chi connectivity index (χ1v) is 7.64. The van der Waals surface area contributed by atoms with Crippen molar-refractivity contribution in [2.45, 2.75) is 65.0 Å². The monoisotopic (exact) mass is 238 g/mol. The predicted octanol–water partition coefficient (Wildman–Crippen LogP) is 2.89. The maximum absolute atomic E-state index is 3.64. The zero-order valence-electron chi connectivity index (χ0n) is 11.9. The third-order valence-corrected chi connectivity index (χ3v) is 4.64. The summed E-state index contributed by atoms with van der Waals surface area (Å²) in [5.41, 5.74) is 0. The van der Waals surface area contributed by atoms with Crippen LogP contribution in [0.15, 0.2) is 0 Å². The summed E-state index contributed by atoms with van der Waals surface area (Å²) in [5, 5.41) is 3.64. The van der Waals surface area contributed by atoms with E-state index in [1.54, 1.807) is 0 Å². The third-order valence-electron chi connectivity index (χ3n) is 4.64. The van der Waals surface area contributed by atoms with Gasteiger partial charge in [-0.05, 0) is 31.6 Å². The molecule has 2 nitrogen and oxygen atoms in total. The predicted molar refractivity (Wildman–Crippen MR) is 74.2 cm³/mol. The van der Waals surface area contributed by atoms with Gasteiger partial charge in [-0.25, -0.2) is 0 Å². The summed E-state index contributed by atoms with van der Waals surface area (Å²) in [4.78, 5) is 2.78. The molecule has 1 saturated carbocycles. The van der Waals surface area contributed by atoms with E-state index in [-0.39, 0.29) is 0 Å². The van der Waals surface area contributed by atoms with Gasteiger partial charge in [-0.2, -0.15) is 0 Å². The molecule has 0 aromatic carbocycles. The van der Waals surface area contributed by atoms with Crippen LogP contribution in [0.4, 0.5) is 0 Å². The minimum Gasteiger partial charge on any atom is -0.311 e. The van der Waals surface area contributed by atoms with Crippen molar-refractivity contribution in [1.29, 1.82) is 0 Å². The quantitative estimate of drug-likeness (QED) is 0.813. The molecule has 0 aromatic rings. The van der Waals surface area contributed by atoms with Crippen molar-refractivity contribution in [1.82, 2.24) is 10.2 Å².